The number of hydrogen-bond acceptors (Lipinski definition) is 3. The summed E-state index contributed by atoms with van der Waals surface area (Å²) >= 11 is 0. The maximum Gasteiger partial charge on any atom is 0.238 e. The van der Waals surface area contributed by atoms with Crippen molar-refractivity contribution in [1.29, 1.82) is 0 Å². The molecule has 0 bridgehead atoms. The van der Waals surface area contributed by atoms with E-state index in [2.05, 4.69) is 0 Å². The summed E-state index contributed by atoms with van der Waals surface area (Å²) in [5, 5.41) is 0. The van der Waals surface area contributed by atoms with E-state index in [1.165, 1.54) is 4.90 Å². The minimum absolute atomic E-state index is 0.0613. The molecule has 1 saturated heterocycles. The molecule has 126 valence electrons. The van der Waals surface area contributed by atoms with Crippen LogP contribution in [0.25, 0.3) is 0 Å². The highest BCUT2D eigenvalue weighted by atomic mass is 16.2. The van der Waals surface area contributed by atoms with E-state index in [0.29, 0.717) is 5.69 Å². The first-order valence-corrected chi connectivity index (χ1v) is 8.60. The summed E-state index contributed by atoms with van der Waals surface area (Å²) in [6, 6.07) is 18.6. The summed E-state index contributed by atoms with van der Waals surface area (Å²) in [5.74, 6) is -1.92. The number of para-hydroxylation sites is 1. The largest absolute Gasteiger partial charge is 0.299 e. The average molecular weight is 333 g/mol. The van der Waals surface area contributed by atoms with Gasteiger partial charge in [-0.25, -0.2) is 0 Å². The zero-order chi connectivity index (χ0) is 17.6. The first-order chi connectivity index (χ1) is 12.1. The lowest BCUT2D eigenvalue weighted by Crippen LogP contribution is -2.39. The number of rotatable bonds is 2. The van der Waals surface area contributed by atoms with Gasteiger partial charge in [0.25, 0.3) is 0 Å². The van der Waals surface area contributed by atoms with Crippen LogP contribution in [0.5, 0.6) is 0 Å². The van der Waals surface area contributed by atoms with Gasteiger partial charge >= 0.3 is 0 Å². The Morgan fingerprint density at radius 2 is 1.40 bits per heavy atom. The Labute approximate surface area is 146 Å². The van der Waals surface area contributed by atoms with Crippen molar-refractivity contribution in [3.63, 3.8) is 0 Å². The molecule has 0 N–H and O–H groups in total. The molecule has 1 heterocycles. The Balaban J connectivity index is 1.79. The number of carbonyl (C=O) groups excluding carboxylic acids is 3. The van der Waals surface area contributed by atoms with Crippen molar-refractivity contribution in [2.45, 2.75) is 19.3 Å². The minimum atomic E-state index is -0.554. The molecule has 0 radical (unpaired) electrons. The van der Waals surface area contributed by atoms with E-state index < -0.39 is 11.8 Å². The predicted molar refractivity (Wildman–Crippen MR) is 93.9 cm³/mol. The highest BCUT2D eigenvalue weighted by Crippen LogP contribution is 2.48. The van der Waals surface area contributed by atoms with E-state index in [9.17, 15) is 14.4 Å². The van der Waals surface area contributed by atoms with Crippen molar-refractivity contribution >= 4 is 23.3 Å². The average Bonchev–Trinajstić information content (AvgIpc) is 2.88. The molecular weight excluding hydrogens is 314 g/mol. The lowest BCUT2D eigenvalue weighted by molar-refractivity contribution is -0.134. The third-order valence-corrected chi connectivity index (χ3v) is 5.53. The number of imide groups is 1. The molecule has 4 rings (SSSR count). The Morgan fingerprint density at radius 1 is 0.800 bits per heavy atom. The van der Waals surface area contributed by atoms with E-state index in [0.717, 1.165) is 5.56 Å². The van der Waals surface area contributed by atoms with Crippen LogP contribution in [0.2, 0.25) is 0 Å². The molecule has 4 nitrogen and oxygen atoms in total. The third kappa shape index (κ3) is 2.40. The number of amides is 2. The van der Waals surface area contributed by atoms with Crippen molar-refractivity contribution in [2.24, 2.45) is 17.8 Å². The molecule has 1 aliphatic heterocycles. The lowest BCUT2D eigenvalue weighted by Gasteiger charge is -2.35. The predicted octanol–water partition coefficient (Wildman–Crippen LogP) is 3.18. The topological polar surface area (TPSA) is 54.5 Å². The number of carbonyl (C=O) groups is 3. The summed E-state index contributed by atoms with van der Waals surface area (Å²) in [5.41, 5.74) is 1.54. The third-order valence-electron chi connectivity index (χ3n) is 5.53. The highest BCUT2D eigenvalue weighted by molar-refractivity contribution is 6.23. The molecule has 1 saturated carbocycles. The molecule has 4 heteroatoms. The molecule has 2 amide bonds. The molecule has 0 unspecified atom stereocenters. The van der Waals surface area contributed by atoms with Crippen LogP contribution >= 0.6 is 0 Å². The second kappa shape index (κ2) is 5.96. The molecule has 1 aliphatic carbocycles. The molecule has 0 aromatic heterocycles. The van der Waals surface area contributed by atoms with Crippen LogP contribution in [0.1, 0.15) is 24.8 Å². The van der Waals surface area contributed by atoms with Crippen LogP contribution in [0, 0.1) is 17.8 Å². The van der Waals surface area contributed by atoms with E-state index >= 15 is 0 Å². The Bertz CT molecular complexity index is 831. The van der Waals surface area contributed by atoms with Crippen molar-refractivity contribution in [1.82, 2.24) is 0 Å². The van der Waals surface area contributed by atoms with Crippen LogP contribution in [-0.4, -0.2) is 17.6 Å². The summed E-state index contributed by atoms with van der Waals surface area (Å²) in [6.45, 7) is 1.87. The van der Waals surface area contributed by atoms with Gasteiger partial charge in [0.2, 0.25) is 11.8 Å². The molecule has 2 aliphatic rings. The zero-order valence-corrected chi connectivity index (χ0v) is 14.0. The smallest absolute Gasteiger partial charge is 0.238 e. The van der Waals surface area contributed by atoms with Crippen LogP contribution in [-0.2, 0) is 14.4 Å². The fourth-order valence-corrected chi connectivity index (χ4v) is 4.28. The van der Waals surface area contributed by atoms with Gasteiger partial charge < -0.3 is 0 Å². The highest BCUT2D eigenvalue weighted by Gasteiger charge is 2.57. The summed E-state index contributed by atoms with van der Waals surface area (Å²) < 4.78 is 0. The minimum Gasteiger partial charge on any atom is -0.299 e. The first kappa shape index (κ1) is 15.8. The van der Waals surface area contributed by atoms with Gasteiger partial charge in [0.1, 0.15) is 5.78 Å². The number of nitrogens with zero attached hydrogens (tertiary/aromatic N) is 1. The van der Waals surface area contributed by atoms with Crippen molar-refractivity contribution in [3.8, 4) is 0 Å². The number of anilines is 1. The molecule has 25 heavy (non-hydrogen) atoms. The van der Waals surface area contributed by atoms with Crippen LogP contribution < -0.4 is 4.90 Å². The van der Waals surface area contributed by atoms with Gasteiger partial charge in [-0.2, -0.15) is 0 Å². The molecular formula is C21H19NO3. The Kier molecular flexibility index (Phi) is 3.75. The van der Waals surface area contributed by atoms with E-state index in [1.807, 2.05) is 43.3 Å². The summed E-state index contributed by atoms with van der Waals surface area (Å²) in [4.78, 5) is 39.9. The maximum absolute atomic E-state index is 13.2. The monoisotopic (exact) mass is 333 g/mol. The second-order valence-electron chi connectivity index (χ2n) is 6.88. The van der Waals surface area contributed by atoms with E-state index in [-0.39, 0.29) is 35.9 Å². The fraction of sp³-hybridized carbons (Fsp3) is 0.286. The molecule has 4 atom stereocenters. The van der Waals surface area contributed by atoms with Crippen LogP contribution in [0.15, 0.2) is 60.7 Å². The van der Waals surface area contributed by atoms with E-state index in [1.54, 1.807) is 24.3 Å². The number of hydrogen-bond donors (Lipinski definition) is 0. The molecule has 2 aromatic carbocycles. The van der Waals surface area contributed by atoms with Crippen LogP contribution in [0.3, 0.4) is 0 Å². The normalized spacial score (nSPS) is 29.0. The fourth-order valence-electron chi connectivity index (χ4n) is 4.28. The van der Waals surface area contributed by atoms with Gasteiger partial charge in [0.15, 0.2) is 0 Å². The van der Waals surface area contributed by atoms with Gasteiger partial charge in [-0.15, -0.1) is 0 Å². The standard InChI is InChI=1S/C21H19NO3/c1-13-17(23)12-16-19(18(13)14-8-4-2-5-9-14)21(25)22(20(16)24)15-10-6-3-7-11-15/h2-11,13,16,18-19H,12H2,1H3/t13-,16+,18+,19+/m1/s1. The van der Waals surface area contributed by atoms with Gasteiger partial charge in [-0.1, -0.05) is 55.5 Å². The maximum atomic E-state index is 13.2. The summed E-state index contributed by atoms with van der Waals surface area (Å²) in [7, 11) is 0. The molecule has 2 fully saturated rings. The first-order valence-electron chi connectivity index (χ1n) is 8.60. The zero-order valence-electron chi connectivity index (χ0n) is 14.0. The van der Waals surface area contributed by atoms with Gasteiger partial charge in [-0.05, 0) is 17.7 Å². The SMILES string of the molecule is C[C@@H]1C(=O)C[C@@H]2C(=O)N(c3ccccc3)C(=O)[C@@H]2[C@@H]1c1ccccc1. The van der Waals surface area contributed by atoms with Gasteiger partial charge in [-0.3, -0.25) is 19.3 Å². The number of ketones is 1. The van der Waals surface area contributed by atoms with Crippen LogP contribution in [0.4, 0.5) is 5.69 Å². The number of Topliss-reactive ketones (excluding diaryl/α,β-unsaturated/α-hetero) is 1. The van der Waals surface area contributed by atoms with Crippen molar-refractivity contribution in [3.05, 3.63) is 66.2 Å². The van der Waals surface area contributed by atoms with Gasteiger partial charge in [0.05, 0.1) is 17.5 Å². The second-order valence-corrected chi connectivity index (χ2v) is 6.88. The van der Waals surface area contributed by atoms with Crippen molar-refractivity contribution < 1.29 is 14.4 Å². The molecule has 2 aromatic rings. The van der Waals surface area contributed by atoms with Gasteiger partial charge in [0, 0.05) is 18.3 Å². The quantitative estimate of drug-likeness (QED) is 0.793. The van der Waals surface area contributed by atoms with E-state index in [4.69, 9.17) is 0 Å². The molecule has 0 spiro atoms. The van der Waals surface area contributed by atoms with Crippen molar-refractivity contribution in [2.75, 3.05) is 4.90 Å². The lowest BCUT2D eigenvalue weighted by atomic mass is 9.65. The number of fused-ring (bicyclic) bond motifs is 1. The number of benzene rings is 2. The Morgan fingerprint density at radius 3 is 2.04 bits per heavy atom. The summed E-state index contributed by atoms with van der Waals surface area (Å²) in [6.07, 6.45) is 0.156. The Hall–Kier alpha value is -2.75.